The van der Waals surface area contributed by atoms with Gasteiger partial charge in [-0.25, -0.2) is 0 Å². The number of hydrogen-bond donors (Lipinski definition) is 1. The molecule has 0 unspecified atom stereocenters. The summed E-state index contributed by atoms with van der Waals surface area (Å²) < 4.78 is 16.3. The van der Waals surface area contributed by atoms with Crippen LogP contribution in [0.4, 0.5) is 5.69 Å². The third-order valence-corrected chi connectivity index (χ3v) is 5.23. The van der Waals surface area contributed by atoms with Gasteiger partial charge in [0.05, 0.1) is 19.5 Å². The molecule has 0 bridgehead atoms. The van der Waals surface area contributed by atoms with Crippen LogP contribution in [0.2, 0.25) is 0 Å². The molecule has 7 nitrogen and oxygen atoms in total. The molecule has 1 N–H and O–H groups in total. The Labute approximate surface area is 173 Å². The van der Waals surface area contributed by atoms with Crippen molar-refractivity contribution >= 4 is 23.4 Å². The molecule has 0 aliphatic heterocycles. The number of rotatable bonds is 7. The minimum absolute atomic E-state index is 0.134. The van der Waals surface area contributed by atoms with Gasteiger partial charge in [0.25, 0.3) is 5.22 Å². The molecule has 3 aromatic rings. The number of nitrogens with one attached hydrogen (secondary N) is 1. The number of nitrogens with zero attached hydrogens (tertiary/aromatic N) is 2. The van der Waals surface area contributed by atoms with Crippen LogP contribution in [0, 0.1) is 13.8 Å². The molecule has 1 atom stereocenters. The Morgan fingerprint density at radius 2 is 1.76 bits per heavy atom. The molecular formula is C21H23N3O4S. The van der Waals surface area contributed by atoms with Crippen LogP contribution in [-0.4, -0.2) is 35.6 Å². The van der Waals surface area contributed by atoms with Gasteiger partial charge in [0.2, 0.25) is 11.8 Å². The number of anilines is 1. The van der Waals surface area contributed by atoms with Crippen molar-refractivity contribution < 1.29 is 18.7 Å². The summed E-state index contributed by atoms with van der Waals surface area (Å²) in [6.07, 6.45) is 0. The van der Waals surface area contributed by atoms with Gasteiger partial charge in [-0.2, -0.15) is 0 Å². The second-order valence-electron chi connectivity index (χ2n) is 6.54. The van der Waals surface area contributed by atoms with Gasteiger partial charge < -0.3 is 19.2 Å². The summed E-state index contributed by atoms with van der Waals surface area (Å²) in [5.41, 5.74) is 3.63. The maximum Gasteiger partial charge on any atom is 0.277 e. The summed E-state index contributed by atoms with van der Waals surface area (Å²) in [4.78, 5) is 12.5. The third kappa shape index (κ3) is 5.08. The standard InChI is InChI=1S/C21H23N3O4S/c1-12-6-7-18(13(2)8-12)22-19(25)14(3)29-21-24-23-20(28-21)15-9-16(26-4)11-17(10-15)27-5/h6-11,14H,1-5H3,(H,22,25)/t14-/m0/s1. The molecule has 3 rings (SSSR count). The third-order valence-electron chi connectivity index (χ3n) is 4.29. The molecule has 29 heavy (non-hydrogen) atoms. The molecule has 1 amide bonds. The van der Waals surface area contributed by atoms with Gasteiger partial charge in [0.1, 0.15) is 11.5 Å². The molecule has 0 saturated heterocycles. The predicted octanol–water partition coefficient (Wildman–Crippen LogP) is 4.49. The number of hydrogen-bond acceptors (Lipinski definition) is 7. The average molecular weight is 413 g/mol. The number of benzene rings is 2. The van der Waals surface area contributed by atoms with Gasteiger partial charge in [0, 0.05) is 17.3 Å². The van der Waals surface area contributed by atoms with E-state index < -0.39 is 5.25 Å². The number of ether oxygens (including phenoxy) is 2. The van der Waals surface area contributed by atoms with E-state index in [9.17, 15) is 4.79 Å². The van der Waals surface area contributed by atoms with Crippen molar-refractivity contribution in [1.82, 2.24) is 10.2 Å². The highest BCUT2D eigenvalue weighted by Gasteiger charge is 2.20. The molecule has 8 heteroatoms. The molecular weight excluding hydrogens is 390 g/mol. The zero-order valence-electron chi connectivity index (χ0n) is 17.0. The Kier molecular flexibility index (Phi) is 6.43. The lowest BCUT2D eigenvalue weighted by Crippen LogP contribution is -2.22. The molecule has 152 valence electrons. The highest BCUT2D eigenvalue weighted by molar-refractivity contribution is 8.00. The Bertz CT molecular complexity index is 997. The second-order valence-corrected chi connectivity index (χ2v) is 7.83. The molecule has 1 heterocycles. The lowest BCUT2D eigenvalue weighted by molar-refractivity contribution is -0.115. The highest BCUT2D eigenvalue weighted by atomic mass is 32.2. The molecule has 0 radical (unpaired) electrons. The van der Waals surface area contributed by atoms with Gasteiger partial charge >= 0.3 is 0 Å². The van der Waals surface area contributed by atoms with Crippen molar-refractivity contribution in [2.45, 2.75) is 31.2 Å². The van der Waals surface area contributed by atoms with Crippen LogP contribution in [0.15, 0.2) is 46.0 Å². The van der Waals surface area contributed by atoms with Gasteiger partial charge in [-0.3, -0.25) is 4.79 Å². The minimum Gasteiger partial charge on any atom is -0.497 e. The van der Waals surface area contributed by atoms with Crippen LogP contribution < -0.4 is 14.8 Å². The van der Waals surface area contributed by atoms with Crippen LogP contribution in [-0.2, 0) is 4.79 Å². The fourth-order valence-corrected chi connectivity index (χ4v) is 3.38. The molecule has 0 aliphatic carbocycles. The highest BCUT2D eigenvalue weighted by Crippen LogP contribution is 2.31. The molecule has 0 spiro atoms. The van der Waals surface area contributed by atoms with Crippen molar-refractivity contribution in [3.63, 3.8) is 0 Å². The fourth-order valence-electron chi connectivity index (χ4n) is 2.70. The molecule has 0 fully saturated rings. The number of aromatic nitrogens is 2. The largest absolute Gasteiger partial charge is 0.497 e. The number of carbonyl (C=O) groups excluding carboxylic acids is 1. The predicted molar refractivity (Wildman–Crippen MR) is 113 cm³/mol. The number of aryl methyl sites for hydroxylation is 2. The Hall–Kier alpha value is -3.00. The van der Waals surface area contributed by atoms with Crippen LogP contribution in [0.5, 0.6) is 11.5 Å². The quantitative estimate of drug-likeness (QED) is 0.571. The van der Waals surface area contributed by atoms with E-state index in [1.54, 1.807) is 39.3 Å². The smallest absolute Gasteiger partial charge is 0.277 e. The van der Waals surface area contributed by atoms with Crippen molar-refractivity contribution in [3.8, 4) is 23.0 Å². The van der Waals surface area contributed by atoms with E-state index in [1.807, 2.05) is 32.0 Å². The maximum absolute atomic E-state index is 12.5. The lowest BCUT2D eigenvalue weighted by Gasteiger charge is -2.12. The summed E-state index contributed by atoms with van der Waals surface area (Å²) >= 11 is 1.20. The van der Waals surface area contributed by atoms with Gasteiger partial charge in [-0.1, -0.05) is 29.5 Å². The zero-order valence-corrected chi connectivity index (χ0v) is 17.8. The number of methoxy groups -OCH3 is 2. The summed E-state index contributed by atoms with van der Waals surface area (Å²) in [5.74, 6) is 1.43. The fraction of sp³-hybridized carbons (Fsp3) is 0.286. The second kappa shape index (κ2) is 9.00. The normalized spacial score (nSPS) is 11.8. The van der Waals surface area contributed by atoms with E-state index in [1.165, 1.54) is 11.8 Å². The number of amides is 1. The van der Waals surface area contributed by atoms with Gasteiger partial charge in [0.15, 0.2) is 0 Å². The van der Waals surface area contributed by atoms with Crippen LogP contribution >= 0.6 is 11.8 Å². The van der Waals surface area contributed by atoms with E-state index in [2.05, 4.69) is 15.5 Å². The Balaban J connectivity index is 1.70. The summed E-state index contributed by atoms with van der Waals surface area (Å²) in [6, 6.07) is 11.2. The number of carbonyl (C=O) groups is 1. The first kappa shape index (κ1) is 20.7. The minimum atomic E-state index is -0.413. The summed E-state index contributed by atoms with van der Waals surface area (Å²) in [5, 5.41) is 11.0. The van der Waals surface area contributed by atoms with E-state index in [-0.39, 0.29) is 5.91 Å². The lowest BCUT2D eigenvalue weighted by atomic mass is 10.1. The average Bonchev–Trinajstić information content (AvgIpc) is 3.18. The molecule has 2 aromatic carbocycles. The first-order valence-electron chi connectivity index (χ1n) is 9.01. The molecule has 1 aromatic heterocycles. The molecule has 0 saturated carbocycles. The topological polar surface area (TPSA) is 86.5 Å². The van der Waals surface area contributed by atoms with Crippen molar-refractivity contribution in [3.05, 3.63) is 47.5 Å². The SMILES string of the molecule is COc1cc(OC)cc(-c2nnc(S[C@@H](C)C(=O)Nc3ccc(C)cc3C)o2)c1. The van der Waals surface area contributed by atoms with Crippen LogP contribution in [0.25, 0.3) is 11.5 Å². The monoisotopic (exact) mass is 413 g/mol. The molecule has 0 aliphatic rings. The van der Waals surface area contributed by atoms with E-state index in [0.29, 0.717) is 28.2 Å². The summed E-state index contributed by atoms with van der Waals surface area (Å²) in [6.45, 7) is 5.78. The van der Waals surface area contributed by atoms with Crippen molar-refractivity contribution in [1.29, 1.82) is 0 Å². The number of thioether (sulfide) groups is 1. The zero-order chi connectivity index (χ0) is 21.0. The summed E-state index contributed by atoms with van der Waals surface area (Å²) in [7, 11) is 3.15. The van der Waals surface area contributed by atoms with Crippen molar-refractivity contribution in [2.24, 2.45) is 0 Å². The van der Waals surface area contributed by atoms with E-state index >= 15 is 0 Å². The Morgan fingerprint density at radius 3 is 2.38 bits per heavy atom. The van der Waals surface area contributed by atoms with Gasteiger partial charge in [-0.15, -0.1) is 10.2 Å². The van der Waals surface area contributed by atoms with Crippen molar-refractivity contribution in [2.75, 3.05) is 19.5 Å². The first-order chi connectivity index (χ1) is 13.9. The van der Waals surface area contributed by atoms with E-state index in [0.717, 1.165) is 16.8 Å². The first-order valence-corrected chi connectivity index (χ1v) is 9.89. The van der Waals surface area contributed by atoms with Crippen LogP contribution in [0.3, 0.4) is 0 Å². The van der Waals surface area contributed by atoms with E-state index in [4.69, 9.17) is 13.9 Å². The Morgan fingerprint density at radius 1 is 1.07 bits per heavy atom. The van der Waals surface area contributed by atoms with Gasteiger partial charge in [-0.05, 0) is 44.5 Å². The maximum atomic E-state index is 12.5. The van der Waals surface area contributed by atoms with Crippen LogP contribution in [0.1, 0.15) is 18.1 Å².